The second kappa shape index (κ2) is 11.7. The number of thioether (sulfide) groups is 1. The van der Waals surface area contributed by atoms with Crippen molar-refractivity contribution in [2.75, 3.05) is 24.6 Å². The lowest BCUT2D eigenvalue weighted by atomic mass is 9.92. The minimum absolute atomic E-state index is 0.0273. The lowest BCUT2D eigenvalue weighted by molar-refractivity contribution is -0.325. The van der Waals surface area contributed by atoms with E-state index in [0.717, 1.165) is 36.4 Å². The van der Waals surface area contributed by atoms with Gasteiger partial charge in [0.25, 0.3) is 0 Å². The summed E-state index contributed by atoms with van der Waals surface area (Å²) in [6, 6.07) is 3.85. The van der Waals surface area contributed by atoms with Crippen LogP contribution < -0.4 is 5.32 Å². The summed E-state index contributed by atoms with van der Waals surface area (Å²) < 4.78 is 91.4. The molecule has 0 aromatic heterocycles. The Hall–Kier alpha value is -1.23. The lowest BCUT2D eigenvalue weighted by Gasteiger charge is -2.33. The highest BCUT2D eigenvalue weighted by Crippen LogP contribution is 2.50. The van der Waals surface area contributed by atoms with Crippen LogP contribution >= 0.6 is 23.4 Å². The first-order valence-electron chi connectivity index (χ1n) is 10.4. The summed E-state index contributed by atoms with van der Waals surface area (Å²) in [4.78, 5) is 0.793. The van der Waals surface area contributed by atoms with Gasteiger partial charge in [0.05, 0.1) is 21.6 Å². The minimum Gasteiger partial charge on any atom is -0.316 e. The third-order valence-corrected chi connectivity index (χ3v) is 8.97. The van der Waals surface area contributed by atoms with Crippen LogP contribution in [0.2, 0.25) is 5.02 Å². The number of hydrogen-bond donors (Lipinski definition) is 1. The molecule has 1 aliphatic heterocycles. The molecule has 0 saturated carbocycles. The molecule has 11 heteroatoms. The van der Waals surface area contributed by atoms with Gasteiger partial charge in [0.2, 0.25) is 0 Å². The average molecular weight is 546 g/mol. The predicted octanol–water partition coefficient (Wildman–Crippen LogP) is 7.02. The summed E-state index contributed by atoms with van der Waals surface area (Å²) in [5, 5.41) is 3.94. The van der Waals surface area contributed by atoms with Crippen LogP contribution in [-0.2, 0) is 23.6 Å². The normalized spacial score (nSPS) is 16.9. The quantitative estimate of drug-likeness (QED) is 0.216. The van der Waals surface area contributed by atoms with Gasteiger partial charge in [-0.25, -0.2) is 0 Å². The monoisotopic (exact) mass is 545 g/mol. The van der Waals surface area contributed by atoms with E-state index in [1.807, 2.05) is 12.1 Å². The number of benzene rings is 1. The van der Waals surface area contributed by atoms with Gasteiger partial charge in [-0.1, -0.05) is 36.4 Å². The molecule has 2 rings (SSSR count). The van der Waals surface area contributed by atoms with E-state index < -0.39 is 34.3 Å². The Labute approximate surface area is 207 Å². The Morgan fingerprint density at radius 2 is 1.76 bits per heavy atom. The molecule has 190 valence electrons. The van der Waals surface area contributed by atoms with E-state index in [9.17, 15) is 30.6 Å². The zero-order valence-electron chi connectivity index (χ0n) is 18.7. The molecular formula is C23H26ClF6NOS2. The van der Waals surface area contributed by atoms with Crippen molar-refractivity contribution >= 4 is 34.2 Å². The smallest absolute Gasteiger partial charge is 0.316 e. The maximum Gasteiger partial charge on any atom is 0.403 e. The molecule has 0 spiro atoms. The Balaban J connectivity index is 2.10. The fraction of sp³-hybridized carbons (Fsp3) is 0.478. The predicted molar refractivity (Wildman–Crippen MR) is 128 cm³/mol. The summed E-state index contributed by atoms with van der Waals surface area (Å²) >= 11 is 7.86. The van der Waals surface area contributed by atoms with Crippen molar-refractivity contribution in [1.29, 1.82) is 0 Å². The molecule has 0 aliphatic carbocycles. The SMILES string of the molecule is C=C(/C=C\C(=C/C)S(=O)CC(C)(C(F)(F)F)C(F)(F)F)CSc1c(Cl)ccc2c1CCNCC2. The molecule has 0 amide bonds. The topological polar surface area (TPSA) is 29.1 Å². The van der Waals surface area contributed by atoms with E-state index in [0.29, 0.717) is 16.3 Å². The summed E-state index contributed by atoms with van der Waals surface area (Å²) in [6.45, 7) is 7.03. The molecule has 1 aromatic rings. The first kappa shape index (κ1) is 29.0. The highest BCUT2D eigenvalue weighted by molar-refractivity contribution is 7.99. The Bertz CT molecular complexity index is 971. The highest BCUT2D eigenvalue weighted by Gasteiger charge is 2.68. The van der Waals surface area contributed by atoms with Crippen LogP contribution in [0.3, 0.4) is 0 Å². The maximum absolute atomic E-state index is 13.2. The number of allylic oxidation sites excluding steroid dienone is 3. The van der Waals surface area contributed by atoms with Crippen molar-refractivity contribution in [2.24, 2.45) is 5.41 Å². The van der Waals surface area contributed by atoms with E-state index in [4.69, 9.17) is 11.6 Å². The molecule has 0 radical (unpaired) electrons. The molecule has 34 heavy (non-hydrogen) atoms. The van der Waals surface area contributed by atoms with Gasteiger partial charge in [-0.3, -0.25) is 4.21 Å². The highest BCUT2D eigenvalue weighted by atomic mass is 35.5. The van der Waals surface area contributed by atoms with E-state index >= 15 is 0 Å². The number of halogens is 7. The number of nitrogens with one attached hydrogen (secondary N) is 1. The van der Waals surface area contributed by atoms with Gasteiger partial charge in [0.1, 0.15) is 0 Å². The molecule has 2 nitrogen and oxygen atoms in total. The largest absolute Gasteiger partial charge is 0.403 e. The molecule has 1 aliphatic rings. The van der Waals surface area contributed by atoms with Crippen molar-refractivity contribution in [1.82, 2.24) is 5.32 Å². The molecule has 0 fully saturated rings. The minimum atomic E-state index is -5.59. The average Bonchev–Trinajstić information content (AvgIpc) is 2.97. The van der Waals surface area contributed by atoms with Crippen molar-refractivity contribution in [3.63, 3.8) is 0 Å². The van der Waals surface area contributed by atoms with Gasteiger partial charge < -0.3 is 5.32 Å². The second-order valence-corrected chi connectivity index (χ2v) is 10.9. The molecule has 0 saturated heterocycles. The van der Waals surface area contributed by atoms with Crippen molar-refractivity contribution in [3.05, 3.63) is 63.6 Å². The van der Waals surface area contributed by atoms with Gasteiger partial charge in [0.15, 0.2) is 5.41 Å². The summed E-state index contributed by atoms with van der Waals surface area (Å²) in [5.41, 5.74) is -1.16. The van der Waals surface area contributed by atoms with Crippen LogP contribution in [-0.4, -0.2) is 41.2 Å². The van der Waals surface area contributed by atoms with E-state index in [-0.39, 0.29) is 11.8 Å². The van der Waals surface area contributed by atoms with Crippen LogP contribution in [0, 0.1) is 5.41 Å². The molecule has 1 unspecified atom stereocenters. The first-order valence-corrected chi connectivity index (χ1v) is 13.1. The van der Waals surface area contributed by atoms with Crippen LogP contribution in [0.15, 0.2) is 52.3 Å². The van der Waals surface area contributed by atoms with Crippen molar-refractivity contribution in [3.8, 4) is 0 Å². The van der Waals surface area contributed by atoms with E-state index in [2.05, 4.69) is 11.9 Å². The molecule has 1 N–H and O–H groups in total. The summed E-state index contributed by atoms with van der Waals surface area (Å²) in [7, 11) is -2.53. The van der Waals surface area contributed by atoms with Crippen molar-refractivity contribution < 1.29 is 30.6 Å². The van der Waals surface area contributed by atoms with Gasteiger partial charge in [-0.15, -0.1) is 11.8 Å². The first-order chi connectivity index (χ1) is 15.7. The third kappa shape index (κ3) is 6.92. The number of alkyl halides is 6. The van der Waals surface area contributed by atoms with Crippen LogP contribution in [0.5, 0.6) is 0 Å². The Kier molecular flexibility index (Phi) is 9.95. The third-order valence-electron chi connectivity index (χ3n) is 5.54. The van der Waals surface area contributed by atoms with Crippen LogP contribution in [0.4, 0.5) is 26.3 Å². The summed E-state index contributed by atoms with van der Waals surface area (Å²) in [6.07, 6.45) is -5.54. The number of hydrogen-bond acceptors (Lipinski definition) is 3. The standard InChI is InChI=1S/C23H26ClF6NOS2/c1-4-17(34(32)14-21(3,22(25,26)27)23(28,29)30)7-5-15(2)13-33-20-18-10-12-31-11-9-16(18)6-8-19(20)24/h4-8,31H,2,9-14H2,1,3H3/b7-5-,17-4+. The zero-order chi connectivity index (χ0) is 25.7. The maximum atomic E-state index is 13.2. The van der Waals surface area contributed by atoms with E-state index in [1.165, 1.54) is 42.5 Å². The fourth-order valence-corrected chi connectivity index (χ4v) is 6.13. The fourth-order valence-electron chi connectivity index (χ4n) is 3.25. The Morgan fingerprint density at radius 1 is 1.15 bits per heavy atom. The second-order valence-electron chi connectivity index (χ2n) is 8.05. The Morgan fingerprint density at radius 3 is 2.35 bits per heavy atom. The van der Waals surface area contributed by atoms with Crippen LogP contribution in [0.25, 0.3) is 0 Å². The molecule has 1 aromatic carbocycles. The zero-order valence-corrected chi connectivity index (χ0v) is 21.1. The van der Waals surface area contributed by atoms with E-state index in [1.54, 1.807) is 0 Å². The lowest BCUT2D eigenvalue weighted by Crippen LogP contribution is -2.51. The van der Waals surface area contributed by atoms with Gasteiger partial charge >= 0.3 is 12.4 Å². The van der Waals surface area contributed by atoms with Gasteiger partial charge in [-0.05, 0) is 68.6 Å². The molecule has 1 atom stereocenters. The van der Waals surface area contributed by atoms with Gasteiger partial charge in [-0.2, -0.15) is 26.3 Å². The number of rotatable bonds is 8. The molecular weight excluding hydrogens is 520 g/mol. The summed E-state index contributed by atoms with van der Waals surface area (Å²) in [5.74, 6) is -1.22. The molecule has 0 bridgehead atoms. The van der Waals surface area contributed by atoms with Gasteiger partial charge in [0, 0.05) is 15.6 Å². The number of fused-ring (bicyclic) bond motifs is 1. The molecule has 1 heterocycles. The van der Waals surface area contributed by atoms with Crippen molar-refractivity contribution in [2.45, 2.75) is 43.9 Å². The van der Waals surface area contributed by atoms with Crippen LogP contribution in [0.1, 0.15) is 25.0 Å².